The van der Waals surface area contributed by atoms with Crippen molar-refractivity contribution < 1.29 is 9.47 Å². The van der Waals surface area contributed by atoms with Crippen molar-refractivity contribution in [2.24, 2.45) is 11.8 Å². The van der Waals surface area contributed by atoms with E-state index in [0.29, 0.717) is 5.92 Å². The molecule has 1 heterocycles. The predicted octanol–water partition coefficient (Wildman–Crippen LogP) is 1.59. The average molecular weight is 242 g/mol. The number of hydrogen-bond donors (Lipinski definition) is 2. The molecule has 4 heteroatoms. The molecule has 4 nitrogen and oxygen atoms in total. The third kappa shape index (κ3) is 2.65. The standard InChI is InChI=1S/C13H26N2O2/c1-3-11(16-2)12(15-14)10-5-8-17-13(9-10)6-4-7-13/h10-12,15H,3-9,14H2,1-2H3. The Hall–Kier alpha value is -0.160. The molecule has 1 saturated heterocycles. The second kappa shape index (κ2) is 5.65. The largest absolute Gasteiger partial charge is 0.380 e. The first kappa shape index (κ1) is 13.3. The van der Waals surface area contributed by atoms with E-state index in [-0.39, 0.29) is 17.7 Å². The van der Waals surface area contributed by atoms with Gasteiger partial charge in [-0.1, -0.05) is 6.92 Å². The molecular weight excluding hydrogens is 216 g/mol. The van der Waals surface area contributed by atoms with Gasteiger partial charge in [-0.15, -0.1) is 0 Å². The van der Waals surface area contributed by atoms with Gasteiger partial charge in [0, 0.05) is 13.7 Å². The minimum Gasteiger partial charge on any atom is -0.380 e. The molecule has 2 fully saturated rings. The van der Waals surface area contributed by atoms with Gasteiger partial charge in [-0.2, -0.15) is 0 Å². The molecule has 0 radical (unpaired) electrons. The molecule has 2 rings (SSSR count). The zero-order valence-electron chi connectivity index (χ0n) is 11.1. The van der Waals surface area contributed by atoms with Gasteiger partial charge >= 0.3 is 0 Å². The fraction of sp³-hybridized carbons (Fsp3) is 1.00. The van der Waals surface area contributed by atoms with Crippen LogP contribution in [-0.4, -0.2) is 31.5 Å². The molecule has 100 valence electrons. The molecule has 17 heavy (non-hydrogen) atoms. The molecule has 1 spiro atoms. The summed E-state index contributed by atoms with van der Waals surface area (Å²) >= 11 is 0. The van der Waals surface area contributed by atoms with Crippen LogP contribution in [0.5, 0.6) is 0 Å². The lowest BCUT2D eigenvalue weighted by Crippen LogP contribution is -2.55. The zero-order valence-corrected chi connectivity index (χ0v) is 11.1. The van der Waals surface area contributed by atoms with E-state index in [4.69, 9.17) is 15.3 Å². The van der Waals surface area contributed by atoms with E-state index >= 15 is 0 Å². The van der Waals surface area contributed by atoms with Crippen LogP contribution in [0.15, 0.2) is 0 Å². The lowest BCUT2D eigenvalue weighted by atomic mass is 9.70. The van der Waals surface area contributed by atoms with Crippen molar-refractivity contribution in [3.05, 3.63) is 0 Å². The molecule has 1 aliphatic heterocycles. The van der Waals surface area contributed by atoms with Crippen LogP contribution in [-0.2, 0) is 9.47 Å². The van der Waals surface area contributed by atoms with E-state index in [1.807, 2.05) is 0 Å². The fourth-order valence-corrected chi connectivity index (χ4v) is 3.41. The van der Waals surface area contributed by atoms with Crippen LogP contribution < -0.4 is 11.3 Å². The third-order valence-corrected chi connectivity index (χ3v) is 4.60. The Labute approximate surface area is 104 Å². The van der Waals surface area contributed by atoms with Crippen molar-refractivity contribution in [1.82, 2.24) is 5.43 Å². The van der Waals surface area contributed by atoms with Crippen LogP contribution in [0.3, 0.4) is 0 Å². The molecule has 3 unspecified atom stereocenters. The highest BCUT2D eigenvalue weighted by Crippen LogP contribution is 2.45. The lowest BCUT2D eigenvalue weighted by molar-refractivity contribution is -0.152. The molecule has 0 bridgehead atoms. The molecule has 3 atom stereocenters. The Morgan fingerprint density at radius 1 is 1.53 bits per heavy atom. The summed E-state index contributed by atoms with van der Waals surface area (Å²) in [6, 6.07) is 0.256. The molecular formula is C13H26N2O2. The second-order valence-electron chi connectivity index (χ2n) is 5.51. The number of rotatable bonds is 5. The molecule has 3 N–H and O–H groups in total. The first-order valence-electron chi connectivity index (χ1n) is 6.87. The minimum atomic E-state index is 0.185. The van der Waals surface area contributed by atoms with Gasteiger partial charge in [-0.25, -0.2) is 0 Å². The number of methoxy groups -OCH3 is 1. The maximum Gasteiger partial charge on any atom is 0.0737 e. The maximum atomic E-state index is 5.96. The number of nitrogens with two attached hydrogens (primary N) is 1. The first-order valence-corrected chi connectivity index (χ1v) is 6.87. The van der Waals surface area contributed by atoms with Gasteiger partial charge in [0.2, 0.25) is 0 Å². The summed E-state index contributed by atoms with van der Waals surface area (Å²) in [5, 5.41) is 0. The third-order valence-electron chi connectivity index (χ3n) is 4.60. The summed E-state index contributed by atoms with van der Waals surface area (Å²) in [7, 11) is 1.77. The Morgan fingerprint density at radius 2 is 2.29 bits per heavy atom. The van der Waals surface area contributed by atoms with Gasteiger partial charge in [-0.3, -0.25) is 11.3 Å². The SMILES string of the molecule is CCC(OC)C(NN)C1CCOC2(CCC2)C1. The molecule has 0 aromatic rings. The number of nitrogens with one attached hydrogen (secondary N) is 1. The zero-order chi connectivity index (χ0) is 12.3. The van der Waals surface area contributed by atoms with E-state index in [9.17, 15) is 0 Å². The summed E-state index contributed by atoms with van der Waals surface area (Å²) in [4.78, 5) is 0. The van der Waals surface area contributed by atoms with Crippen molar-refractivity contribution in [2.75, 3.05) is 13.7 Å². The normalized spacial score (nSPS) is 30.9. The van der Waals surface area contributed by atoms with Gasteiger partial charge < -0.3 is 9.47 Å². The van der Waals surface area contributed by atoms with Crippen molar-refractivity contribution in [3.63, 3.8) is 0 Å². The number of hydrazine groups is 1. The van der Waals surface area contributed by atoms with Crippen LogP contribution in [0.1, 0.15) is 45.4 Å². The van der Waals surface area contributed by atoms with Gasteiger partial charge in [0.25, 0.3) is 0 Å². The molecule has 0 amide bonds. The van der Waals surface area contributed by atoms with Crippen LogP contribution in [0.2, 0.25) is 0 Å². The molecule has 2 aliphatic rings. The molecule has 1 aliphatic carbocycles. The van der Waals surface area contributed by atoms with E-state index < -0.39 is 0 Å². The van der Waals surface area contributed by atoms with Crippen molar-refractivity contribution in [2.45, 2.75) is 63.2 Å². The first-order chi connectivity index (χ1) is 8.24. The predicted molar refractivity (Wildman–Crippen MR) is 67.5 cm³/mol. The highest BCUT2D eigenvalue weighted by Gasteiger charge is 2.45. The smallest absolute Gasteiger partial charge is 0.0737 e. The van der Waals surface area contributed by atoms with E-state index in [0.717, 1.165) is 25.9 Å². The van der Waals surface area contributed by atoms with Gasteiger partial charge in [0.05, 0.1) is 17.7 Å². The maximum absolute atomic E-state index is 5.96. The van der Waals surface area contributed by atoms with Crippen molar-refractivity contribution >= 4 is 0 Å². The summed E-state index contributed by atoms with van der Waals surface area (Å²) in [5.74, 6) is 6.32. The quantitative estimate of drug-likeness (QED) is 0.568. The van der Waals surface area contributed by atoms with Crippen molar-refractivity contribution in [1.29, 1.82) is 0 Å². The average Bonchev–Trinajstić information content (AvgIpc) is 2.34. The highest BCUT2D eigenvalue weighted by atomic mass is 16.5. The molecule has 0 aromatic heterocycles. The Kier molecular flexibility index (Phi) is 4.42. The number of hydrogen-bond acceptors (Lipinski definition) is 4. The van der Waals surface area contributed by atoms with Crippen molar-refractivity contribution in [3.8, 4) is 0 Å². The van der Waals surface area contributed by atoms with Crippen LogP contribution in [0, 0.1) is 5.92 Å². The lowest BCUT2D eigenvalue weighted by Gasteiger charge is -2.49. The van der Waals surface area contributed by atoms with E-state index in [2.05, 4.69) is 12.3 Å². The molecule has 1 saturated carbocycles. The summed E-state index contributed by atoms with van der Waals surface area (Å²) < 4.78 is 11.5. The van der Waals surface area contributed by atoms with Crippen LogP contribution >= 0.6 is 0 Å². The minimum absolute atomic E-state index is 0.185. The second-order valence-corrected chi connectivity index (χ2v) is 5.51. The Bertz CT molecular complexity index is 240. The van der Waals surface area contributed by atoms with Gasteiger partial charge in [-0.05, 0) is 44.4 Å². The fourth-order valence-electron chi connectivity index (χ4n) is 3.41. The Morgan fingerprint density at radius 3 is 2.76 bits per heavy atom. The summed E-state index contributed by atoms with van der Waals surface area (Å²) in [6.45, 7) is 3.03. The number of ether oxygens (including phenoxy) is 2. The monoisotopic (exact) mass is 242 g/mol. The van der Waals surface area contributed by atoms with Gasteiger partial charge in [0.15, 0.2) is 0 Å². The summed E-state index contributed by atoms with van der Waals surface area (Å²) in [6.07, 6.45) is 7.21. The Balaban J connectivity index is 1.98. The van der Waals surface area contributed by atoms with Crippen LogP contribution in [0.4, 0.5) is 0 Å². The molecule has 0 aromatic carbocycles. The topological polar surface area (TPSA) is 56.5 Å². The summed E-state index contributed by atoms with van der Waals surface area (Å²) in [5.41, 5.74) is 3.16. The van der Waals surface area contributed by atoms with Crippen LogP contribution in [0.25, 0.3) is 0 Å². The van der Waals surface area contributed by atoms with E-state index in [1.165, 1.54) is 19.3 Å². The highest BCUT2D eigenvalue weighted by molar-refractivity contribution is 4.97. The van der Waals surface area contributed by atoms with E-state index in [1.54, 1.807) is 7.11 Å². The van der Waals surface area contributed by atoms with Gasteiger partial charge in [0.1, 0.15) is 0 Å².